The predicted octanol–water partition coefficient (Wildman–Crippen LogP) is 4.67. The Bertz CT molecular complexity index is 1500. The standard InChI is InChI=1S/C29H28N6OS/c1-21-9-11-22(12-10-21)18-26-31-28(25-20-30-35(29(25)32-26)23-6-3-2-4-7-23)34-15-13-33(14-16-34)27(36)19-24-8-5-17-37-24/h2-12,17,20H,13-16,18-19H2,1H3. The van der Waals surface area contributed by atoms with Crippen LogP contribution in [0.25, 0.3) is 16.7 Å². The monoisotopic (exact) mass is 508 g/mol. The highest BCUT2D eigenvalue weighted by atomic mass is 32.1. The van der Waals surface area contributed by atoms with Crippen LogP contribution >= 0.6 is 11.3 Å². The number of piperazine rings is 1. The number of hydrogen-bond donors (Lipinski definition) is 0. The summed E-state index contributed by atoms with van der Waals surface area (Å²) in [6, 6.07) is 22.6. The van der Waals surface area contributed by atoms with Crippen LogP contribution in [0, 0.1) is 6.92 Å². The van der Waals surface area contributed by atoms with Gasteiger partial charge in [-0.3, -0.25) is 4.79 Å². The minimum Gasteiger partial charge on any atom is -0.352 e. The first-order chi connectivity index (χ1) is 18.1. The van der Waals surface area contributed by atoms with Crippen molar-refractivity contribution in [3.8, 4) is 5.69 Å². The highest BCUT2D eigenvalue weighted by Gasteiger charge is 2.25. The smallest absolute Gasteiger partial charge is 0.227 e. The van der Waals surface area contributed by atoms with Crippen molar-refractivity contribution in [3.05, 3.63) is 100 Å². The number of rotatable bonds is 6. The van der Waals surface area contributed by atoms with Crippen LogP contribution in [-0.2, 0) is 17.6 Å². The Labute approximate surface area is 220 Å². The lowest BCUT2D eigenvalue weighted by molar-refractivity contribution is -0.130. The molecule has 0 radical (unpaired) electrons. The molecule has 1 amide bonds. The van der Waals surface area contributed by atoms with Gasteiger partial charge < -0.3 is 9.80 Å². The predicted molar refractivity (Wildman–Crippen MR) is 147 cm³/mol. The van der Waals surface area contributed by atoms with Gasteiger partial charge in [-0.25, -0.2) is 14.6 Å². The van der Waals surface area contributed by atoms with Gasteiger partial charge in [0.2, 0.25) is 5.91 Å². The fraction of sp³-hybridized carbons (Fsp3) is 0.241. The summed E-state index contributed by atoms with van der Waals surface area (Å²) >= 11 is 1.63. The van der Waals surface area contributed by atoms with E-state index in [-0.39, 0.29) is 5.91 Å². The molecule has 2 aromatic carbocycles. The number of carbonyl (C=O) groups is 1. The molecular weight excluding hydrogens is 480 g/mol. The van der Waals surface area contributed by atoms with Gasteiger partial charge in [0.15, 0.2) is 5.65 Å². The van der Waals surface area contributed by atoms with Gasteiger partial charge in [0, 0.05) is 37.5 Å². The molecule has 0 aliphatic carbocycles. The molecule has 0 bridgehead atoms. The van der Waals surface area contributed by atoms with Crippen LogP contribution < -0.4 is 4.90 Å². The van der Waals surface area contributed by atoms with Crippen LogP contribution in [0.4, 0.5) is 5.82 Å². The molecule has 0 spiro atoms. The maximum Gasteiger partial charge on any atom is 0.227 e. The summed E-state index contributed by atoms with van der Waals surface area (Å²) in [6.45, 7) is 4.89. The summed E-state index contributed by atoms with van der Waals surface area (Å²) in [5, 5.41) is 7.63. The molecule has 1 saturated heterocycles. The number of nitrogens with zero attached hydrogens (tertiary/aromatic N) is 6. The van der Waals surface area contributed by atoms with Crippen molar-refractivity contribution in [2.24, 2.45) is 0 Å². The molecule has 1 aliphatic heterocycles. The van der Waals surface area contributed by atoms with Gasteiger partial charge in [0.1, 0.15) is 11.6 Å². The maximum atomic E-state index is 12.8. The summed E-state index contributed by atoms with van der Waals surface area (Å²) in [5.74, 6) is 1.84. The topological polar surface area (TPSA) is 67.2 Å². The number of aryl methyl sites for hydroxylation is 1. The zero-order chi connectivity index (χ0) is 25.2. The minimum absolute atomic E-state index is 0.187. The second kappa shape index (κ2) is 10.1. The number of thiophene rings is 1. The van der Waals surface area contributed by atoms with Crippen molar-refractivity contribution in [1.29, 1.82) is 0 Å². The fourth-order valence-electron chi connectivity index (χ4n) is 4.75. The molecule has 0 atom stereocenters. The van der Waals surface area contributed by atoms with Crippen molar-refractivity contribution < 1.29 is 4.79 Å². The molecule has 1 fully saturated rings. The molecule has 1 aliphatic rings. The van der Waals surface area contributed by atoms with Crippen LogP contribution in [0.3, 0.4) is 0 Å². The number of anilines is 1. The van der Waals surface area contributed by atoms with E-state index in [4.69, 9.17) is 9.97 Å². The average molecular weight is 509 g/mol. The van der Waals surface area contributed by atoms with Crippen LogP contribution in [-0.4, -0.2) is 56.7 Å². The van der Waals surface area contributed by atoms with Gasteiger partial charge in [-0.15, -0.1) is 11.3 Å². The largest absolute Gasteiger partial charge is 0.352 e. The first-order valence-electron chi connectivity index (χ1n) is 12.5. The van der Waals surface area contributed by atoms with Crippen molar-refractivity contribution in [1.82, 2.24) is 24.6 Å². The molecule has 186 valence electrons. The number of para-hydroxylation sites is 1. The number of carbonyl (C=O) groups excluding carboxylic acids is 1. The number of amides is 1. The Morgan fingerprint density at radius 2 is 1.70 bits per heavy atom. The normalized spacial score (nSPS) is 13.9. The molecular formula is C29H28N6OS. The lowest BCUT2D eigenvalue weighted by atomic mass is 10.1. The minimum atomic E-state index is 0.187. The van der Waals surface area contributed by atoms with Gasteiger partial charge >= 0.3 is 0 Å². The Morgan fingerprint density at radius 1 is 0.919 bits per heavy atom. The van der Waals surface area contributed by atoms with Crippen LogP contribution in [0.2, 0.25) is 0 Å². The molecule has 3 aromatic heterocycles. The summed E-state index contributed by atoms with van der Waals surface area (Å²) in [6.07, 6.45) is 2.98. The van der Waals surface area contributed by atoms with E-state index in [1.807, 2.05) is 63.6 Å². The number of benzene rings is 2. The third kappa shape index (κ3) is 4.97. The third-order valence-corrected chi connectivity index (χ3v) is 7.65. The van der Waals surface area contributed by atoms with Gasteiger partial charge in [0.05, 0.1) is 23.7 Å². The van der Waals surface area contributed by atoms with Crippen LogP contribution in [0.5, 0.6) is 0 Å². The molecule has 0 N–H and O–H groups in total. The van der Waals surface area contributed by atoms with Crippen molar-refractivity contribution in [3.63, 3.8) is 0 Å². The first-order valence-corrected chi connectivity index (χ1v) is 13.4. The van der Waals surface area contributed by atoms with Gasteiger partial charge in [0.25, 0.3) is 0 Å². The zero-order valence-electron chi connectivity index (χ0n) is 20.7. The number of fused-ring (bicyclic) bond motifs is 1. The van der Waals surface area contributed by atoms with E-state index < -0.39 is 0 Å². The number of aromatic nitrogens is 4. The quantitative estimate of drug-likeness (QED) is 0.334. The summed E-state index contributed by atoms with van der Waals surface area (Å²) in [5.41, 5.74) is 4.17. The SMILES string of the molecule is Cc1ccc(Cc2nc(N3CCN(C(=O)Cc4cccs4)CC3)c3cnn(-c4ccccc4)c3n2)cc1. The Hall–Kier alpha value is -4.04. The molecule has 0 unspecified atom stereocenters. The van der Waals surface area contributed by atoms with Crippen LogP contribution in [0.1, 0.15) is 21.8 Å². The molecule has 4 heterocycles. The van der Waals surface area contributed by atoms with Crippen molar-refractivity contribution >= 4 is 34.1 Å². The van der Waals surface area contributed by atoms with E-state index in [0.717, 1.165) is 46.3 Å². The van der Waals surface area contributed by atoms with Crippen molar-refractivity contribution in [2.75, 3.05) is 31.1 Å². The summed E-state index contributed by atoms with van der Waals surface area (Å²) in [4.78, 5) is 28.2. The summed E-state index contributed by atoms with van der Waals surface area (Å²) < 4.78 is 1.89. The first kappa shape index (κ1) is 23.4. The Balaban J connectivity index is 1.30. The highest BCUT2D eigenvalue weighted by molar-refractivity contribution is 7.10. The second-order valence-corrected chi connectivity index (χ2v) is 10.4. The van der Waals surface area contributed by atoms with Crippen molar-refractivity contribution in [2.45, 2.75) is 19.8 Å². The second-order valence-electron chi connectivity index (χ2n) is 9.38. The van der Waals surface area contributed by atoms with E-state index in [2.05, 4.69) is 41.2 Å². The lowest BCUT2D eigenvalue weighted by Gasteiger charge is -2.35. The van der Waals surface area contributed by atoms with E-state index >= 15 is 0 Å². The van der Waals surface area contributed by atoms with E-state index in [1.165, 1.54) is 11.1 Å². The molecule has 0 saturated carbocycles. The van der Waals surface area contributed by atoms with E-state index in [9.17, 15) is 4.79 Å². The lowest BCUT2D eigenvalue weighted by Crippen LogP contribution is -2.49. The third-order valence-electron chi connectivity index (χ3n) is 6.78. The molecule has 6 rings (SSSR count). The average Bonchev–Trinajstić information content (AvgIpc) is 3.60. The molecule has 37 heavy (non-hydrogen) atoms. The fourth-order valence-corrected chi connectivity index (χ4v) is 5.44. The Kier molecular flexibility index (Phi) is 6.40. The van der Waals surface area contributed by atoms with Gasteiger partial charge in [-0.1, -0.05) is 54.1 Å². The van der Waals surface area contributed by atoms with Gasteiger partial charge in [-0.05, 0) is 36.1 Å². The number of hydrogen-bond acceptors (Lipinski definition) is 6. The highest BCUT2D eigenvalue weighted by Crippen LogP contribution is 2.27. The molecule has 8 heteroatoms. The maximum absolute atomic E-state index is 12.8. The van der Waals surface area contributed by atoms with E-state index in [0.29, 0.717) is 25.9 Å². The Morgan fingerprint density at radius 3 is 2.43 bits per heavy atom. The molecule has 5 aromatic rings. The summed E-state index contributed by atoms with van der Waals surface area (Å²) in [7, 11) is 0. The molecule has 7 nitrogen and oxygen atoms in total. The van der Waals surface area contributed by atoms with Crippen LogP contribution in [0.15, 0.2) is 78.3 Å². The van der Waals surface area contributed by atoms with Gasteiger partial charge in [-0.2, -0.15) is 5.10 Å². The zero-order valence-corrected chi connectivity index (χ0v) is 21.6. The van der Waals surface area contributed by atoms with E-state index in [1.54, 1.807) is 11.3 Å².